The van der Waals surface area contributed by atoms with Gasteiger partial charge in [-0.05, 0) is 36.2 Å². The first-order valence-electron chi connectivity index (χ1n) is 9.84. The summed E-state index contributed by atoms with van der Waals surface area (Å²) in [5.74, 6) is -3.91. The number of rotatable bonds is 6. The van der Waals surface area contributed by atoms with Gasteiger partial charge >= 0.3 is 17.8 Å². The minimum Gasteiger partial charge on any atom is -0.494 e. The number of carbonyl (C=O) groups is 3. The predicted molar refractivity (Wildman–Crippen MR) is 106 cm³/mol. The first-order chi connectivity index (χ1) is 15.3. The number of hydrogen-bond donors (Lipinski definition) is 3. The summed E-state index contributed by atoms with van der Waals surface area (Å²) < 4.78 is 24.3. The number of aliphatic hydroxyl groups is 2. The zero-order valence-electron chi connectivity index (χ0n) is 17.1. The van der Waals surface area contributed by atoms with Crippen LogP contribution in [0.2, 0.25) is 0 Å². The van der Waals surface area contributed by atoms with Crippen LogP contribution in [0.4, 0.5) is 4.39 Å². The molecule has 1 aliphatic heterocycles. The summed E-state index contributed by atoms with van der Waals surface area (Å²) in [7, 11) is 0. The highest BCUT2D eigenvalue weighted by Crippen LogP contribution is 2.33. The van der Waals surface area contributed by atoms with Crippen molar-refractivity contribution in [3.05, 3.63) is 65.5 Å². The molecule has 1 amide bonds. The van der Waals surface area contributed by atoms with E-state index in [1.54, 1.807) is 12.1 Å². The minimum absolute atomic E-state index is 0.163. The number of esters is 1. The van der Waals surface area contributed by atoms with Crippen molar-refractivity contribution in [2.45, 2.75) is 37.6 Å². The smallest absolute Gasteiger partial charge is 0.363 e. The summed E-state index contributed by atoms with van der Waals surface area (Å²) in [5.41, 5.74) is 0.319. The van der Waals surface area contributed by atoms with Crippen LogP contribution in [0.5, 0.6) is 5.75 Å². The van der Waals surface area contributed by atoms with Crippen LogP contribution in [-0.4, -0.2) is 46.9 Å². The summed E-state index contributed by atoms with van der Waals surface area (Å²) in [6.45, 7) is 2.41. The Morgan fingerprint density at radius 3 is 2.25 bits per heavy atom. The second kappa shape index (κ2) is 9.75. The molecule has 3 unspecified atom stereocenters. The van der Waals surface area contributed by atoms with Crippen LogP contribution in [-0.2, 0) is 36.0 Å². The van der Waals surface area contributed by atoms with Gasteiger partial charge in [-0.15, -0.1) is 0 Å². The fourth-order valence-corrected chi connectivity index (χ4v) is 3.11. The van der Waals surface area contributed by atoms with Crippen LogP contribution in [0.15, 0.2) is 48.5 Å². The fourth-order valence-electron chi connectivity index (χ4n) is 3.11. The monoisotopic (exact) mass is 447 g/mol. The zero-order valence-corrected chi connectivity index (χ0v) is 17.1. The highest BCUT2D eigenvalue weighted by atomic mass is 19.1. The molecule has 1 heterocycles. The number of hydrogen-bond acceptors (Lipinski definition) is 8. The molecule has 2 aromatic carbocycles. The van der Waals surface area contributed by atoms with E-state index in [9.17, 15) is 29.0 Å². The molecule has 1 fully saturated rings. The van der Waals surface area contributed by atoms with Crippen LogP contribution in [0.1, 0.15) is 24.5 Å². The van der Waals surface area contributed by atoms with E-state index < -0.39 is 41.5 Å². The van der Waals surface area contributed by atoms with E-state index in [4.69, 9.17) is 9.47 Å². The molecule has 3 N–H and O–H groups in total. The van der Waals surface area contributed by atoms with Gasteiger partial charge < -0.3 is 24.5 Å². The number of amides is 1. The number of ether oxygens (including phenoxy) is 2. The normalized spacial score (nSPS) is 23.8. The van der Waals surface area contributed by atoms with E-state index in [2.05, 4.69) is 4.84 Å². The lowest BCUT2D eigenvalue weighted by molar-refractivity contribution is -0.181. The quantitative estimate of drug-likeness (QED) is 0.557. The lowest BCUT2D eigenvalue weighted by Gasteiger charge is -2.32. The third-order valence-electron chi connectivity index (χ3n) is 4.83. The molecule has 0 spiro atoms. The Bertz CT molecular complexity index is 978. The Labute approximate surface area is 182 Å². The van der Waals surface area contributed by atoms with Gasteiger partial charge in [0, 0.05) is 12.0 Å². The molecule has 2 aromatic rings. The fraction of sp³-hybridized carbons (Fsp3) is 0.318. The van der Waals surface area contributed by atoms with E-state index in [0.717, 1.165) is 18.6 Å². The Balaban J connectivity index is 2.08. The summed E-state index contributed by atoms with van der Waals surface area (Å²) in [5, 5.41) is 19.8. The minimum atomic E-state index is -2.30. The molecule has 1 saturated heterocycles. The first-order valence-corrected chi connectivity index (χ1v) is 9.84. The van der Waals surface area contributed by atoms with Crippen molar-refractivity contribution in [1.82, 2.24) is 5.48 Å². The topological polar surface area (TPSA) is 131 Å². The summed E-state index contributed by atoms with van der Waals surface area (Å²) >= 11 is 0. The largest absolute Gasteiger partial charge is 0.494 e. The number of aliphatic hydroxyl groups excluding tert-OH is 2. The molecule has 0 bridgehead atoms. The van der Waals surface area contributed by atoms with Crippen LogP contribution < -0.4 is 10.2 Å². The van der Waals surface area contributed by atoms with E-state index in [-0.39, 0.29) is 12.0 Å². The SMILES string of the molecule is CCCOc1ccc(C2(Cc3ccc(F)cc3)OC(=O)C(O)C(O)C(=O)ONC2=O)cc1. The van der Waals surface area contributed by atoms with Crippen LogP contribution in [0, 0.1) is 5.82 Å². The van der Waals surface area contributed by atoms with Crippen molar-refractivity contribution < 1.29 is 43.3 Å². The Morgan fingerprint density at radius 1 is 1.00 bits per heavy atom. The van der Waals surface area contributed by atoms with Crippen molar-refractivity contribution in [3.8, 4) is 5.75 Å². The standard InChI is InChI=1S/C22H22FNO8/c1-2-11-30-16-9-5-14(6-10-16)22(12-13-3-7-15(23)8-4-13)21(29)24-32-20(28)18(26)17(25)19(27)31-22/h3-10,17-18,25-26H,2,11-12H2,1H3,(H,24,29). The molecule has 9 nitrogen and oxygen atoms in total. The van der Waals surface area contributed by atoms with Gasteiger partial charge in [0.25, 0.3) is 0 Å². The van der Waals surface area contributed by atoms with Gasteiger partial charge in [-0.25, -0.2) is 14.0 Å². The molecule has 0 radical (unpaired) electrons. The third kappa shape index (κ3) is 4.87. The molecule has 0 aliphatic carbocycles. The van der Waals surface area contributed by atoms with Gasteiger partial charge in [0.2, 0.25) is 5.60 Å². The van der Waals surface area contributed by atoms with E-state index >= 15 is 0 Å². The maximum absolute atomic E-state index is 13.4. The van der Waals surface area contributed by atoms with Gasteiger partial charge in [-0.2, -0.15) is 5.48 Å². The Kier molecular flexibility index (Phi) is 7.06. The Hall–Kier alpha value is -3.50. The zero-order chi connectivity index (χ0) is 23.3. The summed E-state index contributed by atoms with van der Waals surface area (Å²) in [6, 6.07) is 11.2. The molecular formula is C22H22FNO8. The van der Waals surface area contributed by atoms with Crippen LogP contribution >= 0.6 is 0 Å². The van der Waals surface area contributed by atoms with Crippen molar-refractivity contribution >= 4 is 17.8 Å². The number of benzene rings is 2. The highest BCUT2D eigenvalue weighted by molar-refractivity contribution is 5.93. The second-order valence-corrected chi connectivity index (χ2v) is 7.17. The lowest BCUT2D eigenvalue weighted by Crippen LogP contribution is -2.49. The van der Waals surface area contributed by atoms with Gasteiger partial charge in [-0.1, -0.05) is 31.2 Å². The van der Waals surface area contributed by atoms with E-state index in [1.165, 1.54) is 24.3 Å². The summed E-state index contributed by atoms with van der Waals surface area (Å²) in [6.07, 6.45) is -4.08. The van der Waals surface area contributed by atoms with E-state index in [1.807, 2.05) is 12.4 Å². The third-order valence-corrected chi connectivity index (χ3v) is 4.83. The first kappa shape index (κ1) is 23.2. The molecule has 0 saturated carbocycles. The maximum atomic E-state index is 13.4. The molecule has 170 valence electrons. The summed E-state index contributed by atoms with van der Waals surface area (Å²) in [4.78, 5) is 42.0. The molecular weight excluding hydrogens is 425 g/mol. The van der Waals surface area contributed by atoms with Crippen molar-refractivity contribution in [2.75, 3.05) is 6.61 Å². The van der Waals surface area contributed by atoms with Crippen LogP contribution in [0.3, 0.4) is 0 Å². The number of halogens is 1. The lowest BCUT2D eigenvalue weighted by atomic mass is 9.86. The van der Waals surface area contributed by atoms with E-state index in [0.29, 0.717) is 17.9 Å². The molecule has 32 heavy (non-hydrogen) atoms. The van der Waals surface area contributed by atoms with Crippen molar-refractivity contribution in [1.29, 1.82) is 0 Å². The number of nitrogens with one attached hydrogen (secondary N) is 1. The van der Waals surface area contributed by atoms with Crippen LogP contribution in [0.25, 0.3) is 0 Å². The van der Waals surface area contributed by atoms with Gasteiger partial charge in [-0.3, -0.25) is 4.79 Å². The van der Waals surface area contributed by atoms with Gasteiger partial charge in [0.1, 0.15) is 11.6 Å². The maximum Gasteiger partial charge on any atom is 0.363 e. The molecule has 3 atom stereocenters. The second-order valence-electron chi connectivity index (χ2n) is 7.17. The molecule has 1 aliphatic rings. The average Bonchev–Trinajstić information content (AvgIpc) is 2.82. The average molecular weight is 447 g/mol. The Morgan fingerprint density at radius 2 is 1.62 bits per heavy atom. The van der Waals surface area contributed by atoms with Crippen molar-refractivity contribution in [3.63, 3.8) is 0 Å². The van der Waals surface area contributed by atoms with Crippen molar-refractivity contribution in [2.24, 2.45) is 0 Å². The van der Waals surface area contributed by atoms with Gasteiger partial charge in [0.05, 0.1) is 6.61 Å². The number of hydroxylamine groups is 1. The molecule has 0 aromatic heterocycles. The predicted octanol–water partition coefficient (Wildman–Crippen LogP) is 0.905. The number of cyclic esters (lactones) is 1. The van der Waals surface area contributed by atoms with Gasteiger partial charge in [0.15, 0.2) is 12.2 Å². The molecule has 3 rings (SSSR count). The highest BCUT2D eigenvalue weighted by Gasteiger charge is 2.49. The molecule has 10 heteroatoms. The number of carbonyl (C=O) groups excluding carboxylic acids is 3.